The molecule has 6 heteroatoms. The number of methoxy groups -OCH3 is 1. The number of ether oxygens (including phenoxy) is 1. The Bertz CT molecular complexity index is 908. The number of esters is 1. The van der Waals surface area contributed by atoms with Gasteiger partial charge in [-0.3, -0.25) is 9.78 Å². The highest BCUT2D eigenvalue weighted by Crippen LogP contribution is 2.43. The van der Waals surface area contributed by atoms with Crippen molar-refractivity contribution in [2.45, 2.75) is 26.7 Å². The number of dihydropyridines is 1. The maximum Gasteiger partial charge on any atom is 0.336 e. The first-order chi connectivity index (χ1) is 11.5. The molecule has 0 fully saturated rings. The van der Waals surface area contributed by atoms with Crippen LogP contribution in [-0.2, 0) is 14.3 Å². The molecule has 1 unspecified atom stereocenters. The van der Waals surface area contributed by atoms with Crippen molar-refractivity contribution in [2.75, 3.05) is 7.11 Å². The van der Waals surface area contributed by atoms with Crippen molar-refractivity contribution in [3.63, 3.8) is 0 Å². The fraction of sp³-hybridized carbons (Fsp3) is 0.278. The highest BCUT2D eigenvalue weighted by atomic mass is 32.1. The van der Waals surface area contributed by atoms with Crippen LogP contribution in [0.5, 0.6) is 0 Å². The topological polar surface area (TPSA) is 68.3 Å². The number of carbonyl (C=O) groups excluding carboxylic acids is 2. The number of thiophene rings is 1. The van der Waals surface area contributed by atoms with Gasteiger partial charge in [-0.05, 0) is 43.2 Å². The third-order valence-corrected chi connectivity index (χ3v) is 5.22. The number of nitrogens with one attached hydrogen (secondary N) is 1. The maximum absolute atomic E-state index is 12.4. The lowest BCUT2D eigenvalue weighted by molar-refractivity contribution is -0.136. The Hall–Kier alpha value is -2.47. The second-order valence-corrected chi connectivity index (χ2v) is 6.66. The van der Waals surface area contributed by atoms with Crippen molar-refractivity contribution in [3.05, 3.63) is 51.9 Å². The third-order valence-electron chi connectivity index (χ3n) is 4.26. The lowest BCUT2D eigenvalue weighted by atomic mass is 9.79. The molecule has 1 atom stereocenters. The Morgan fingerprint density at radius 1 is 1.25 bits per heavy atom. The first-order valence-corrected chi connectivity index (χ1v) is 8.42. The number of rotatable bonds is 3. The van der Waals surface area contributed by atoms with Gasteiger partial charge in [0.1, 0.15) is 0 Å². The second-order valence-electron chi connectivity index (χ2n) is 5.75. The molecule has 1 aliphatic rings. The molecular weight excluding hydrogens is 324 g/mol. The van der Waals surface area contributed by atoms with Crippen LogP contribution >= 0.6 is 11.3 Å². The molecule has 1 N–H and O–H groups in total. The van der Waals surface area contributed by atoms with Gasteiger partial charge in [0.15, 0.2) is 5.78 Å². The van der Waals surface area contributed by atoms with Crippen LogP contribution in [0.4, 0.5) is 0 Å². The number of fused-ring (bicyclic) bond motifs is 1. The van der Waals surface area contributed by atoms with E-state index >= 15 is 0 Å². The summed E-state index contributed by atoms with van der Waals surface area (Å²) in [5, 5.41) is 6.14. The van der Waals surface area contributed by atoms with E-state index in [1.807, 2.05) is 25.3 Å². The van der Waals surface area contributed by atoms with Crippen molar-refractivity contribution in [2.24, 2.45) is 0 Å². The first kappa shape index (κ1) is 16.4. The van der Waals surface area contributed by atoms with E-state index in [1.54, 1.807) is 23.7 Å². The number of ketones is 1. The Morgan fingerprint density at radius 3 is 2.62 bits per heavy atom. The van der Waals surface area contributed by atoms with Gasteiger partial charge in [0.2, 0.25) is 0 Å². The van der Waals surface area contributed by atoms with Gasteiger partial charge in [0.05, 0.1) is 17.4 Å². The summed E-state index contributed by atoms with van der Waals surface area (Å²) < 4.78 is 6.01. The summed E-state index contributed by atoms with van der Waals surface area (Å²) in [5.74, 6) is -0.927. The van der Waals surface area contributed by atoms with Crippen LogP contribution in [0.3, 0.4) is 0 Å². The largest absolute Gasteiger partial charge is 0.466 e. The summed E-state index contributed by atoms with van der Waals surface area (Å²) in [6.45, 7) is 5.21. The summed E-state index contributed by atoms with van der Waals surface area (Å²) in [6, 6.07) is 1.92. The van der Waals surface area contributed by atoms with Crippen LogP contribution in [0.15, 0.2) is 46.4 Å². The molecule has 3 rings (SSSR count). The molecule has 24 heavy (non-hydrogen) atoms. The van der Waals surface area contributed by atoms with Gasteiger partial charge < -0.3 is 10.1 Å². The minimum absolute atomic E-state index is 0.0627. The zero-order valence-electron chi connectivity index (χ0n) is 14.0. The molecule has 0 bridgehead atoms. The van der Waals surface area contributed by atoms with Crippen LogP contribution < -0.4 is 5.32 Å². The number of aromatic nitrogens is 1. The molecule has 2 aromatic heterocycles. The molecule has 0 spiro atoms. The molecule has 5 nitrogen and oxygen atoms in total. The summed E-state index contributed by atoms with van der Waals surface area (Å²) in [5.41, 5.74) is 3.49. The number of hydrogen-bond donors (Lipinski definition) is 1. The molecule has 1 aliphatic heterocycles. The molecule has 0 saturated carbocycles. The SMILES string of the molecule is COC(=O)C1=C(C)NC(C)=C(C(C)=O)C1c1csc2cnccc12. The van der Waals surface area contributed by atoms with Crippen LogP contribution in [0.25, 0.3) is 10.1 Å². The lowest BCUT2D eigenvalue weighted by Gasteiger charge is -2.30. The Balaban J connectivity index is 2.30. The predicted octanol–water partition coefficient (Wildman–Crippen LogP) is 3.29. The maximum atomic E-state index is 12.4. The van der Waals surface area contributed by atoms with E-state index in [0.29, 0.717) is 16.8 Å². The Morgan fingerprint density at radius 2 is 1.96 bits per heavy atom. The van der Waals surface area contributed by atoms with Crippen LogP contribution in [0, 0.1) is 0 Å². The molecule has 0 aliphatic carbocycles. The predicted molar refractivity (Wildman–Crippen MR) is 93.6 cm³/mol. The van der Waals surface area contributed by atoms with Crippen molar-refractivity contribution < 1.29 is 14.3 Å². The van der Waals surface area contributed by atoms with E-state index in [9.17, 15) is 9.59 Å². The summed E-state index contributed by atoms with van der Waals surface area (Å²) in [6.07, 6.45) is 3.51. The smallest absolute Gasteiger partial charge is 0.336 e. The molecule has 0 radical (unpaired) electrons. The van der Waals surface area contributed by atoms with Crippen LogP contribution in [-0.4, -0.2) is 23.8 Å². The van der Waals surface area contributed by atoms with Gasteiger partial charge >= 0.3 is 5.97 Å². The van der Waals surface area contributed by atoms with E-state index < -0.39 is 11.9 Å². The number of Topliss-reactive ketones (excluding diaryl/α,β-unsaturated/α-hetero) is 1. The fourth-order valence-electron chi connectivity index (χ4n) is 3.28. The van der Waals surface area contributed by atoms with E-state index in [1.165, 1.54) is 14.0 Å². The number of pyridine rings is 1. The van der Waals surface area contributed by atoms with Crippen LogP contribution in [0.1, 0.15) is 32.3 Å². The van der Waals surface area contributed by atoms with Gasteiger partial charge in [0, 0.05) is 35.3 Å². The molecule has 0 amide bonds. The number of hydrogen-bond acceptors (Lipinski definition) is 6. The number of nitrogens with zero attached hydrogens (tertiary/aromatic N) is 1. The van der Waals surface area contributed by atoms with Gasteiger partial charge in [-0.25, -0.2) is 4.79 Å². The molecule has 124 valence electrons. The second kappa shape index (κ2) is 6.20. The zero-order chi connectivity index (χ0) is 17.4. The molecule has 3 heterocycles. The molecule has 2 aromatic rings. The monoisotopic (exact) mass is 342 g/mol. The highest BCUT2D eigenvalue weighted by Gasteiger charge is 2.36. The van der Waals surface area contributed by atoms with E-state index in [4.69, 9.17) is 4.74 Å². The molecule has 0 saturated heterocycles. The van der Waals surface area contributed by atoms with Gasteiger partial charge in [-0.2, -0.15) is 0 Å². The summed E-state index contributed by atoms with van der Waals surface area (Å²) in [7, 11) is 1.36. The zero-order valence-corrected chi connectivity index (χ0v) is 14.8. The molecular formula is C18H18N2O3S. The number of allylic oxidation sites excluding steroid dienone is 3. The summed E-state index contributed by atoms with van der Waals surface area (Å²) >= 11 is 1.55. The minimum Gasteiger partial charge on any atom is -0.466 e. The van der Waals surface area contributed by atoms with Crippen LogP contribution in [0.2, 0.25) is 0 Å². The van der Waals surface area contributed by atoms with Gasteiger partial charge in [0.25, 0.3) is 0 Å². The Kier molecular flexibility index (Phi) is 4.24. The first-order valence-electron chi connectivity index (χ1n) is 7.54. The van der Waals surface area contributed by atoms with Crippen molar-refractivity contribution in [3.8, 4) is 0 Å². The van der Waals surface area contributed by atoms with E-state index in [-0.39, 0.29) is 5.78 Å². The van der Waals surface area contributed by atoms with Crippen molar-refractivity contribution in [1.82, 2.24) is 10.3 Å². The lowest BCUT2D eigenvalue weighted by Crippen LogP contribution is -2.30. The minimum atomic E-state index is -0.438. The third kappa shape index (κ3) is 2.53. The quantitative estimate of drug-likeness (QED) is 0.867. The van der Waals surface area contributed by atoms with E-state index in [0.717, 1.165) is 21.3 Å². The normalized spacial score (nSPS) is 17.9. The van der Waals surface area contributed by atoms with Gasteiger partial charge in [-0.1, -0.05) is 0 Å². The highest BCUT2D eigenvalue weighted by molar-refractivity contribution is 7.17. The van der Waals surface area contributed by atoms with Gasteiger partial charge in [-0.15, -0.1) is 11.3 Å². The molecule has 0 aromatic carbocycles. The standard InChI is InChI=1S/C18H18N2O3S/c1-9-15(11(3)21)17(16(10(2)20-9)18(22)23-4)13-8-24-14-7-19-6-5-12(13)14/h5-8,17,20H,1-4H3. The Labute approximate surface area is 144 Å². The van der Waals surface area contributed by atoms with Crippen molar-refractivity contribution in [1.29, 1.82) is 0 Å². The summed E-state index contributed by atoms with van der Waals surface area (Å²) in [4.78, 5) is 28.9. The van der Waals surface area contributed by atoms with E-state index in [2.05, 4.69) is 10.3 Å². The van der Waals surface area contributed by atoms with Crippen molar-refractivity contribution >= 4 is 33.2 Å². The fourth-order valence-corrected chi connectivity index (χ4v) is 4.23. The average Bonchev–Trinajstić information content (AvgIpc) is 2.96. The average molecular weight is 342 g/mol. The number of carbonyl (C=O) groups is 2.